The van der Waals surface area contributed by atoms with Crippen LogP contribution in [0.3, 0.4) is 0 Å². The summed E-state index contributed by atoms with van der Waals surface area (Å²) in [5.41, 5.74) is 2.13. The summed E-state index contributed by atoms with van der Waals surface area (Å²) in [5, 5.41) is 0.765. The van der Waals surface area contributed by atoms with Gasteiger partial charge in [-0.1, -0.05) is 18.5 Å². The highest BCUT2D eigenvalue weighted by Gasteiger charge is 2.02. The molecule has 1 nitrogen and oxygen atoms in total. The summed E-state index contributed by atoms with van der Waals surface area (Å²) >= 11 is 9.49. The Bertz CT molecular complexity index is 596. The zero-order chi connectivity index (χ0) is 12.4. The third-order valence-electron chi connectivity index (χ3n) is 2.54. The Morgan fingerprint density at radius 2 is 2.00 bits per heavy atom. The fourth-order valence-electron chi connectivity index (χ4n) is 1.60. The average Bonchev–Trinajstić information content (AvgIpc) is 2.63. The molecule has 0 aliphatic carbocycles. The van der Waals surface area contributed by atoms with Crippen LogP contribution in [0.4, 0.5) is 5.69 Å². The lowest BCUT2D eigenvalue weighted by Crippen LogP contribution is -1.86. The number of nitrogens with zero attached hydrogens (tertiary/aromatic N) is 1. The standard InChI is InChI=1S/C13H14ClNS2/c1-4-12-9(3)16-13(17-12)15-11-6-5-10(14)7-8(11)2/h5-7H,4H2,1-3H3. The van der Waals surface area contributed by atoms with Crippen LogP contribution in [0.15, 0.2) is 23.2 Å². The SMILES string of the molecule is CCc1sc(=Nc2ccc(Cl)cc2C)sc1C. The minimum absolute atomic E-state index is 0.765. The summed E-state index contributed by atoms with van der Waals surface area (Å²) in [6, 6.07) is 5.82. The summed E-state index contributed by atoms with van der Waals surface area (Å²) < 4.78 is 1.12. The highest BCUT2D eigenvalue weighted by molar-refractivity contribution is 7.27. The molecule has 0 aliphatic heterocycles. The first-order chi connectivity index (χ1) is 8.10. The summed E-state index contributed by atoms with van der Waals surface area (Å²) in [6.07, 6.45) is 1.09. The molecule has 0 bridgehead atoms. The number of halogens is 1. The molecule has 0 unspecified atom stereocenters. The van der Waals surface area contributed by atoms with E-state index in [4.69, 9.17) is 11.6 Å². The molecule has 1 heterocycles. The lowest BCUT2D eigenvalue weighted by atomic mass is 10.2. The van der Waals surface area contributed by atoms with Gasteiger partial charge in [-0.2, -0.15) is 0 Å². The van der Waals surface area contributed by atoms with Crippen molar-refractivity contribution in [2.75, 3.05) is 0 Å². The number of hydrogen-bond donors (Lipinski definition) is 0. The Labute approximate surface area is 114 Å². The highest BCUT2D eigenvalue weighted by Crippen LogP contribution is 2.23. The maximum atomic E-state index is 5.94. The van der Waals surface area contributed by atoms with Gasteiger partial charge in [-0.05, 0) is 44.0 Å². The molecule has 0 saturated carbocycles. The molecular weight excluding hydrogens is 270 g/mol. The van der Waals surface area contributed by atoms with Crippen LogP contribution < -0.4 is 3.98 Å². The molecule has 0 N–H and O–H groups in total. The molecule has 0 amide bonds. The van der Waals surface area contributed by atoms with Gasteiger partial charge in [-0.25, -0.2) is 4.99 Å². The summed E-state index contributed by atoms with van der Waals surface area (Å²) in [6.45, 7) is 6.38. The van der Waals surface area contributed by atoms with Gasteiger partial charge in [-0.15, -0.1) is 22.7 Å². The molecule has 17 heavy (non-hydrogen) atoms. The quantitative estimate of drug-likeness (QED) is 0.745. The highest BCUT2D eigenvalue weighted by atomic mass is 35.5. The van der Waals surface area contributed by atoms with Gasteiger partial charge in [0.05, 0.1) is 5.69 Å². The van der Waals surface area contributed by atoms with Crippen molar-refractivity contribution in [3.05, 3.63) is 42.5 Å². The van der Waals surface area contributed by atoms with Crippen molar-refractivity contribution in [1.82, 2.24) is 0 Å². The molecular formula is C13H14ClNS2. The van der Waals surface area contributed by atoms with Crippen molar-refractivity contribution < 1.29 is 0 Å². The Hall–Kier alpha value is -0.640. The van der Waals surface area contributed by atoms with Gasteiger partial charge in [0.1, 0.15) is 0 Å². The fourth-order valence-corrected chi connectivity index (χ4v) is 4.22. The number of benzene rings is 1. The third-order valence-corrected chi connectivity index (χ3v) is 5.33. The van der Waals surface area contributed by atoms with Crippen molar-refractivity contribution in [3.8, 4) is 0 Å². The summed E-state index contributed by atoms with van der Waals surface area (Å²) in [7, 11) is 0. The van der Waals surface area contributed by atoms with Crippen LogP contribution in [0, 0.1) is 13.8 Å². The Morgan fingerprint density at radius 3 is 2.59 bits per heavy atom. The van der Waals surface area contributed by atoms with E-state index in [-0.39, 0.29) is 0 Å². The van der Waals surface area contributed by atoms with E-state index in [1.165, 1.54) is 9.75 Å². The molecule has 2 aromatic rings. The zero-order valence-electron chi connectivity index (χ0n) is 10.1. The molecule has 0 radical (unpaired) electrons. The molecule has 0 fully saturated rings. The summed E-state index contributed by atoms with van der Waals surface area (Å²) in [5.74, 6) is 0. The first kappa shape index (κ1) is 12.8. The van der Waals surface area contributed by atoms with Crippen LogP contribution in [0.1, 0.15) is 22.2 Å². The molecule has 0 spiro atoms. The van der Waals surface area contributed by atoms with E-state index in [2.05, 4.69) is 18.8 Å². The second-order valence-electron chi connectivity index (χ2n) is 3.85. The van der Waals surface area contributed by atoms with Crippen LogP contribution in [-0.2, 0) is 6.42 Å². The molecule has 90 valence electrons. The van der Waals surface area contributed by atoms with Crippen LogP contribution in [0.2, 0.25) is 5.02 Å². The Morgan fingerprint density at radius 1 is 1.24 bits per heavy atom. The van der Waals surface area contributed by atoms with E-state index in [1.807, 2.05) is 25.1 Å². The van der Waals surface area contributed by atoms with E-state index in [0.29, 0.717) is 0 Å². The van der Waals surface area contributed by atoms with E-state index >= 15 is 0 Å². The van der Waals surface area contributed by atoms with Crippen molar-refractivity contribution in [3.63, 3.8) is 0 Å². The maximum Gasteiger partial charge on any atom is 0.171 e. The largest absolute Gasteiger partial charge is 0.227 e. The minimum atomic E-state index is 0.765. The number of aryl methyl sites for hydroxylation is 3. The van der Waals surface area contributed by atoms with E-state index in [0.717, 1.165) is 26.7 Å². The molecule has 1 aromatic heterocycles. The smallest absolute Gasteiger partial charge is 0.171 e. The number of hydrogen-bond acceptors (Lipinski definition) is 3. The Balaban J connectivity index is 2.47. The molecule has 1 aromatic carbocycles. The Kier molecular flexibility index (Phi) is 4.02. The first-order valence-electron chi connectivity index (χ1n) is 5.50. The third kappa shape index (κ3) is 2.97. The monoisotopic (exact) mass is 283 g/mol. The molecule has 0 aliphatic rings. The molecule has 4 heteroatoms. The first-order valence-corrected chi connectivity index (χ1v) is 7.51. The van der Waals surface area contributed by atoms with Crippen LogP contribution in [-0.4, -0.2) is 0 Å². The van der Waals surface area contributed by atoms with Crippen molar-refractivity contribution in [2.45, 2.75) is 27.2 Å². The normalized spacial score (nSPS) is 12.1. The second kappa shape index (κ2) is 5.34. The number of rotatable bonds is 2. The average molecular weight is 284 g/mol. The topological polar surface area (TPSA) is 12.4 Å². The molecule has 0 saturated heterocycles. The van der Waals surface area contributed by atoms with Gasteiger partial charge in [0.15, 0.2) is 3.98 Å². The van der Waals surface area contributed by atoms with Gasteiger partial charge in [0.25, 0.3) is 0 Å². The van der Waals surface area contributed by atoms with Crippen molar-refractivity contribution in [1.29, 1.82) is 0 Å². The molecule has 0 atom stereocenters. The van der Waals surface area contributed by atoms with Gasteiger partial charge in [0.2, 0.25) is 0 Å². The molecule has 2 rings (SSSR count). The van der Waals surface area contributed by atoms with E-state index in [1.54, 1.807) is 22.7 Å². The maximum absolute atomic E-state index is 5.94. The van der Waals surface area contributed by atoms with Crippen molar-refractivity contribution >= 4 is 40.0 Å². The van der Waals surface area contributed by atoms with Gasteiger partial charge in [0, 0.05) is 14.8 Å². The summed E-state index contributed by atoms with van der Waals surface area (Å²) in [4.78, 5) is 7.50. The van der Waals surface area contributed by atoms with Crippen LogP contribution in [0.5, 0.6) is 0 Å². The van der Waals surface area contributed by atoms with Gasteiger partial charge < -0.3 is 0 Å². The van der Waals surface area contributed by atoms with Crippen molar-refractivity contribution in [2.24, 2.45) is 4.99 Å². The van der Waals surface area contributed by atoms with E-state index < -0.39 is 0 Å². The van der Waals surface area contributed by atoms with Crippen LogP contribution >= 0.6 is 34.3 Å². The minimum Gasteiger partial charge on any atom is -0.227 e. The van der Waals surface area contributed by atoms with E-state index in [9.17, 15) is 0 Å². The predicted molar refractivity (Wildman–Crippen MR) is 77.7 cm³/mol. The van der Waals surface area contributed by atoms with Gasteiger partial charge in [-0.3, -0.25) is 0 Å². The lowest BCUT2D eigenvalue weighted by molar-refractivity contribution is 1.17. The zero-order valence-corrected chi connectivity index (χ0v) is 12.5. The second-order valence-corrected chi connectivity index (χ2v) is 6.83. The fraction of sp³-hybridized carbons (Fsp3) is 0.308. The lowest BCUT2D eigenvalue weighted by Gasteiger charge is -1.98. The predicted octanol–water partition coefficient (Wildman–Crippen LogP) is 4.87. The van der Waals surface area contributed by atoms with Crippen LogP contribution in [0.25, 0.3) is 0 Å². The van der Waals surface area contributed by atoms with Gasteiger partial charge >= 0.3 is 0 Å².